The smallest absolute Gasteiger partial charge is 0.443 e. The lowest BCUT2D eigenvalue weighted by Crippen LogP contribution is -2.42. The van der Waals surface area contributed by atoms with Gasteiger partial charge in [-0.15, -0.1) is 0 Å². The fourth-order valence-corrected chi connectivity index (χ4v) is 1.44. The highest BCUT2D eigenvalue weighted by atomic mass is 16.6. The van der Waals surface area contributed by atoms with Crippen molar-refractivity contribution < 1.29 is 24.4 Å². The molecule has 0 saturated carbocycles. The highest BCUT2D eigenvalue weighted by Crippen LogP contribution is 2.11. The van der Waals surface area contributed by atoms with Gasteiger partial charge in [-0.2, -0.15) is 0 Å². The first-order valence-corrected chi connectivity index (χ1v) is 5.45. The molecule has 1 rings (SSSR count). The summed E-state index contributed by atoms with van der Waals surface area (Å²) < 4.78 is 5.99. The monoisotopic (exact) mass is 253 g/mol. The molecule has 6 nitrogen and oxygen atoms in total. The van der Waals surface area contributed by atoms with Crippen LogP contribution in [0.5, 0.6) is 0 Å². The summed E-state index contributed by atoms with van der Waals surface area (Å²) in [6.07, 6.45) is -0.819. The highest BCUT2D eigenvalue weighted by Gasteiger charge is 2.28. The van der Waals surface area contributed by atoms with E-state index < -0.39 is 18.8 Å². The van der Waals surface area contributed by atoms with E-state index in [1.807, 2.05) is 0 Å². The summed E-state index contributed by atoms with van der Waals surface area (Å²) in [4.78, 5) is 23.3. The standard InChI is InChI=1S/C11H16BNO5/c1-7(14)8-5-6-9(12(16)17)13(8)10(15)18-11(2,3)4/h5-6,16-17H,1-4H3. The molecule has 7 heteroatoms. The molecule has 1 aromatic heterocycles. The van der Waals surface area contributed by atoms with Gasteiger partial charge in [-0.25, -0.2) is 9.36 Å². The minimum Gasteiger partial charge on any atom is -0.443 e. The third-order valence-corrected chi connectivity index (χ3v) is 2.11. The first-order chi connectivity index (χ1) is 8.13. The maximum Gasteiger partial charge on any atom is 0.506 e. The number of ketones is 1. The van der Waals surface area contributed by atoms with Crippen LogP contribution in [0.2, 0.25) is 0 Å². The van der Waals surface area contributed by atoms with E-state index in [2.05, 4.69) is 0 Å². The van der Waals surface area contributed by atoms with Gasteiger partial charge in [-0.3, -0.25) is 4.79 Å². The number of aromatic nitrogens is 1. The Morgan fingerprint density at radius 1 is 1.28 bits per heavy atom. The average Bonchev–Trinajstić information content (AvgIpc) is 2.58. The SMILES string of the molecule is CC(=O)c1ccc(B(O)O)n1C(=O)OC(C)(C)C. The molecule has 1 heterocycles. The second-order valence-corrected chi connectivity index (χ2v) is 4.89. The number of carbonyl (C=O) groups excluding carboxylic acids is 2. The van der Waals surface area contributed by atoms with Gasteiger partial charge in [0.25, 0.3) is 0 Å². The first-order valence-electron chi connectivity index (χ1n) is 5.45. The molecule has 0 amide bonds. The molecule has 0 aliphatic rings. The molecule has 98 valence electrons. The lowest BCUT2D eigenvalue weighted by Gasteiger charge is -2.21. The van der Waals surface area contributed by atoms with Crippen LogP contribution in [0, 0.1) is 0 Å². The fraction of sp³-hybridized carbons (Fsp3) is 0.455. The van der Waals surface area contributed by atoms with E-state index in [1.54, 1.807) is 20.8 Å². The molecular weight excluding hydrogens is 237 g/mol. The van der Waals surface area contributed by atoms with Gasteiger partial charge < -0.3 is 14.8 Å². The van der Waals surface area contributed by atoms with E-state index >= 15 is 0 Å². The number of carbonyl (C=O) groups is 2. The van der Waals surface area contributed by atoms with Gasteiger partial charge >= 0.3 is 13.2 Å². The van der Waals surface area contributed by atoms with E-state index in [4.69, 9.17) is 14.8 Å². The summed E-state index contributed by atoms with van der Waals surface area (Å²) in [7, 11) is -1.86. The van der Waals surface area contributed by atoms with Crippen molar-refractivity contribution in [3.63, 3.8) is 0 Å². The van der Waals surface area contributed by atoms with E-state index in [9.17, 15) is 9.59 Å². The van der Waals surface area contributed by atoms with Crippen LogP contribution in [0.25, 0.3) is 0 Å². The lowest BCUT2D eigenvalue weighted by atomic mass is 9.86. The minimum atomic E-state index is -1.86. The van der Waals surface area contributed by atoms with Gasteiger partial charge in [0.1, 0.15) is 5.60 Å². The summed E-state index contributed by atoms with van der Waals surface area (Å²) in [5.74, 6) is -0.368. The molecule has 0 aromatic carbocycles. The average molecular weight is 253 g/mol. The number of hydrogen-bond donors (Lipinski definition) is 2. The van der Waals surface area contributed by atoms with Crippen LogP contribution < -0.4 is 5.59 Å². The van der Waals surface area contributed by atoms with Gasteiger partial charge in [-0.1, -0.05) is 0 Å². The van der Waals surface area contributed by atoms with Crippen LogP contribution in [-0.2, 0) is 4.74 Å². The summed E-state index contributed by atoms with van der Waals surface area (Å²) in [5, 5.41) is 18.3. The third-order valence-electron chi connectivity index (χ3n) is 2.11. The van der Waals surface area contributed by atoms with Crippen LogP contribution in [0.4, 0.5) is 4.79 Å². The van der Waals surface area contributed by atoms with Gasteiger partial charge in [0.15, 0.2) is 5.78 Å². The topological polar surface area (TPSA) is 88.8 Å². The van der Waals surface area contributed by atoms with Crippen LogP contribution in [0.3, 0.4) is 0 Å². The van der Waals surface area contributed by atoms with Crippen molar-refractivity contribution >= 4 is 24.6 Å². The number of rotatable bonds is 2. The second kappa shape index (κ2) is 4.95. The Bertz CT molecular complexity index is 472. The minimum absolute atomic E-state index is 0.0485. The third kappa shape index (κ3) is 3.21. The summed E-state index contributed by atoms with van der Waals surface area (Å²) in [5.41, 5.74) is -0.797. The number of Topliss-reactive ketones (excluding diaryl/α,β-unsaturated/α-hetero) is 1. The molecule has 0 aliphatic heterocycles. The predicted octanol–water partition coefficient (Wildman–Crippen LogP) is 0.154. The van der Waals surface area contributed by atoms with Crippen molar-refractivity contribution in [2.75, 3.05) is 0 Å². The number of hydrogen-bond acceptors (Lipinski definition) is 5. The molecule has 2 N–H and O–H groups in total. The van der Waals surface area contributed by atoms with Crippen LogP contribution in [0.1, 0.15) is 38.2 Å². The Kier molecular flexibility index (Phi) is 3.98. The van der Waals surface area contributed by atoms with Crippen LogP contribution >= 0.6 is 0 Å². The Morgan fingerprint density at radius 3 is 2.22 bits per heavy atom. The summed E-state index contributed by atoms with van der Waals surface area (Å²) in [6.45, 7) is 6.31. The normalized spacial score (nSPS) is 11.2. The molecule has 0 spiro atoms. The Morgan fingerprint density at radius 2 is 1.83 bits per heavy atom. The predicted molar refractivity (Wildman–Crippen MR) is 65.9 cm³/mol. The van der Waals surface area contributed by atoms with Crippen molar-refractivity contribution in [2.45, 2.75) is 33.3 Å². The van der Waals surface area contributed by atoms with Gasteiger partial charge in [0.05, 0.1) is 11.3 Å². The molecule has 0 saturated heterocycles. The zero-order valence-electron chi connectivity index (χ0n) is 10.8. The molecular formula is C11H16BNO5. The summed E-state index contributed by atoms with van der Waals surface area (Å²) in [6, 6.07) is 2.65. The lowest BCUT2D eigenvalue weighted by molar-refractivity contribution is 0.0532. The van der Waals surface area contributed by atoms with Crippen LogP contribution in [-0.4, -0.2) is 39.2 Å². The molecule has 18 heavy (non-hydrogen) atoms. The van der Waals surface area contributed by atoms with Crippen molar-refractivity contribution in [1.29, 1.82) is 0 Å². The van der Waals surface area contributed by atoms with Crippen molar-refractivity contribution in [1.82, 2.24) is 4.57 Å². The van der Waals surface area contributed by atoms with E-state index in [0.717, 1.165) is 4.57 Å². The van der Waals surface area contributed by atoms with Gasteiger partial charge in [0.2, 0.25) is 0 Å². The maximum atomic E-state index is 11.9. The first kappa shape index (κ1) is 14.5. The van der Waals surface area contributed by atoms with E-state index in [-0.39, 0.29) is 17.1 Å². The second-order valence-electron chi connectivity index (χ2n) is 4.89. The Hall–Kier alpha value is -1.60. The highest BCUT2D eigenvalue weighted by molar-refractivity contribution is 6.58. The fourth-order valence-electron chi connectivity index (χ4n) is 1.44. The zero-order valence-corrected chi connectivity index (χ0v) is 10.8. The van der Waals surface area contributed by atoms with Crippen molar-refractivity contribution in [2.24, 2.45) is 0 Å². The largest absolute Gasteiger partial charge is 0.506 e. The maximum absolute atomic E-state index is 11.9. The molecule has 0 atom stereocenters. The molecule has 0 radical (unpaired) electrons. The Balaban J connectivity index is 3.23. The van der Waals surface area contributed by atoms with E-state index in [1.165, 1.54) is 19.1 Å². The van der Waals surface area contributed by atoms with E-state index in [0.29, 0.717) is 0 Å². The zero-order chi connectivity index (χ0) is 14.1. The number of nitrogens with zero attached hydrogens (tertiary/aromatic N) is 1. The van der Waals surface area contributed by atoms with Crippen molar-refractivity contribution in [3.05, 3.63) is 17.8 Å². The van der Waals surface area contributed by atoms with Crippen LogP contribution in [0.15, 0.2) is 12.1 Å². The molecule has 0 fully saturated rings. The molecule has 0 aliphatic carbocycles. The van der Waals surface area contributed by atoms with Gasteiger partial charge in [-0.05, 0) is 32.9 Å². The van der Waals surface area contributed by atoms with Gasteiger partial charge in [0, 0.05) is 6.92 Å². The quantitative estimate of drug-likeness (QED) is 0.578. The molecule has 0 bridgehead atoms. The Labute approximate surface area is 105 Å². The summed E-state index contributed by atoms with van der Waals surface area (Å²) >= 11 is 0. The number of ether oxygens (including phenoxy) is 1. The molecule has 1 aromatic rings. The van der Waals surface area contributed by atoms with Crippen molar-refractivity contribution in [3.8, 4) is 0 Å². The molecule has 0 unspecified atom stereocenters.